The van der Waals surface area contributed by atoms with Crippen LogP contribution in [0.1, 0.15) is 45.2 Å². The van der Waals surface area contributed by atoms with E-state index >= 15 is 0 Å². The second-order valence-corrected chi connectivity index (χ2v) is 20.7. The van der Waals surface area contributed by atoms with E-state index in [1.165, 1.54) is 96.6 Å². The highest BCUT2D eigenvalue weighted by atomic mass is 32.1. The van der Waals surface area contributed by atoms with Crippen LogP contribution in [-0.4, -0.2) is 8.07 Å². The molecule has 2 bridgehead atoms. The molecule has 2 heteroatoms. The Hall–Kier alpha value is -6.58. The molecule has 3 aliphatic carbocycles. The van der Waals surface area contributed by atoms with E-state index in [1.54, 1.807) is 0 Å². The Bertz CT molecular complexity index is 3140. The van der Waals surface area contributed by atoms with E-state index in [0.717, 1.165) is 0 Å². The molecule has 2 atom stereocenters. The van der Waals surface area contributed by atoms with Crippen molar-refractivity contribution in [3.63, 3.8) is 0 Å². The smallest absolute Gasteiger partial charge is 0.135 e. The van der Waals surface area contributed by atoms with Gasteiger partial charge in [0.2, 0.25) is 0 Å². The van der Waals surface area contributed by atoms with Crippen molar-refractivity contribution in [2.24, 2.45) is 0 Å². The van der Waals surface area contributed by atoms with Crippen molar-refractivity contribution in [2.75, 3.05) is 0 Å². The Morgan fingerprint density at radius 1 is 0.345 bits per heavy atom. The van der Waals surface area contributed by atoms with Crippen molar-refractivity contribution >= 4 is 60.3 Å². The van der Waals surface area contributed by atoms with Gasteiger partial charge in [-0.25, -0.2) is 0 Å². The molecule has 0 N–H and O–H groups in total. The summed E-state index contributed by atoms with van der Waals surface area (Å²) in [6.45, 7) is 0. The highest BCUT2D eigenvalue weighted by molar-refractivity contribution is 7.26. The maximum atomic E-state index is 2.51. The van der Waals surface area contributed by atoms with Crippen molar-refractivity contribution < 1.29 is 0 Å². The van der Waals surface area contributed by atoms with Gasteiger partial charge in [0.1, 0.15) is 0 Å². The van der Waals surface area contributed by atoms with Gasteiger partial charge >= 0.3 is 0 Å². The molecule has 9 aromatic carbocycles. The van der Waals surface area contributed by atoms with Gasteiger partial charge in [-0.05, 0) is 88.5 Å². The standard InChI is InChI=1S/C56H38SSi/c1-4-18-37(19-5-1)38-20-14-25-41(36-38)58(39-21-6-2-7-22-39,40-23-8-3-9-24-40)51-35-17-32-48-52-42-26-10-11-27-45(42)56(55(48)51)54-44(29-15-31-47(52)54)43-30-16-34-50-53(43)46-28-12-13-33-49(46)57-50/h1-36,52,56H. The van der Waals surface area contributed by atoms with Gasteiger partial charge in [0.15, 0.2) is 8.07 Å². The van der Waals surface area contributed by atoms with Crippen LogP contribution in [0.5, 0.6) is 0 Å². The van der Waals surface area contributed by atoms with Crippen molar-refractivity contribution in [3.05, 3.63) is 252 Å². The molecule has 1 aromatic heterocycles. The lowest BCUT2D eigenvalue weighted by atomic mass is 9.60. The molecule has 3 aliphatic rings. The molecule has 0 saturated heterocycles. The van der Waals surface area contributed by atoms with E-state index in [-0.39, 0.29) is 11.8 Å². The number of benzene rings is 9. The number of fused-ring (bicyclic) bond motifs is 3. The Morgan fingerprint density at radius 3 is 1.62 bits per heavy atom. The van der Waals surface area contributed by atoms with Gasteiger partial charge in [0, 0.05) is 32.0 Å². The second-order valence-electron chi connectivity index (χ2n) is 15.8. The lowest BCUT2D eigenvalue weighted by Gasteiger charge is -2.47. The molecule has 13 rings (SSSR count). The van der Waals surface area contributed by atoms with Crippen LogP contribution >= 0.6 is 11.3 Å². The average molecular weight is 771 g/mol. The number of thiophene rings is 1. The minimum absolute atomic E-state index is 0.0651. The maximum Gasteiger partial charge on any atom is 0.179 e. The summed E-state index contributed by atoms with van der Waals surface area (Å²) in [5.41, 5.74) is 13.9. The van der Waals surface area contributed by atoms with Crippen LogP contribution < -0.4 is 20.7 Å². The quantitative estimate of drug-likeness (QED) is 0.117. The summed E-state index contributed by atoms with van der Waals surface area (Å²) in [5, 5.41) is 8.40. The lowest BCUT2D eigenvalue weighted by Crippen LogP contribution is -2.75. The molecular formula is C56H38SSi. The molecule has 0 nitrogen and oxygen atoms in total. The number of rotatable bonds is 6. The molecule has 0 spiro atoms. The summed E-state index contributed by atoms with van der Waals surface area (Å²) in [7, 11) is -2.99. The fraction of sp³-hybridized carbons (Fsp3) is 0.0357. The highest BCUT2D eigenvalue weighted by Crippen LogP contribution is 2.58. The first-order chi connectivity index (χ1) is 28.8. The zero-order valence-electron chi connectivity index (χ0n) is 31.8. The van der Waals surface area contributed by atoms with Crippen LogP contribution in [0.4, 0.5) is 0 Å². The number of hydrogen-bond donors (Lipinski definition) is 0. The van der Waals surface area contributed by atoms with Crippen LogP contribution in [0.2, 0.25) is 0 Å². The Kier molecular flexibility index (Phi) is 7.66. The zero-order chi connectivity index (χ0) is 38.2. The molecule has 58 heavy (non-hydrogen) atoms. The highest BCUT2D eigenvalue weighted by Gasteiger charge is 2.49. The van der Waals surface area contributed by atoms with Gasteiger partial charge in [0.25, 0.3) is 0 Å². The van der Waals surface area contributed by atoms with Crippen molar-refractivity contribution in [1.29, 1.82) is 0 Å². The maximum absolute atomic E-state index is 2.99. The fourth-order valence-electron chi connectivity index (χ4n) is 10.8. The summed E-state index contributed by atoms with van der Waals surface area (Å²) in [5.74, 6) is 0.203. The Morgan fingerprint density at radius 2 is 0.862 bits per heavy atom. The SMILES string of the molecule is c1ccc(-c2cccc([Si](c3ccccc3)(c3ccccc3)c3cccc4c3C3c5ccccc5C4c4cccc(-c5cccc6sc7ccccc7c56)c43)c2)cc1. The first kappa shape index (κ1) is 33.5. The zero-order valence-corrected chi connectivity index (χ0v) is 33.7. The van der Waals surface area contributed by atoms with E-state index in [0.29, 0.717) is 0 Å². The van der Waals surface area contributed by atoms with Gasteiger partial charge in [-0.3, -0.25) is 0 Å². The average Bonchev–Trinajstić information content (AvgIpc) is 3.69. The van der Waals surface area contributed by atoms with E-state index in [2.05, 4.69) is 218 Å². The van der Waals surface area contributed by atoms with E-state index in [4.69, 9.17) is 0 Å². The third-order valence-corrected chi connectivity index (χ3v) is 19.0. The molecule has 272 valence electrons. The summed E-state index contributed by atoms with van der Waals surface area (Å²) >= 11 is 1.90. The van der Waals surface area contributed by atoms with Crippen LogP contribution in [0.25, 0.3) is 42.4 Å². The molecule has 0 fully saturated rings. The van der Waals surface area contributed by atoms with Gasteiger partial charge < -0.3 is 0 Å². The molecule has 10 aromatic rings. The summed E-state index contributed by atoms with van der Waals surface area (Å²) < 4.78 is 2.69. The van der Waals surface area contributed by atoms with Crippen LogP contribution in [-0.2, 0) is 0 Å². The monoisotopic (exact) mass is 770 g/mol. The predicted octanol–water partition coefficient (Wildman–Crippen LogP) is 11.8. The molecule has 0 radical (unpaired) electrons. The van der Waals surface area contributed by atoms with Crippen LogP contribution in [0.15, 0.2) is 218 Å². The summed E-state index contributed by atoms with van der Waals surface area (Å²) in [4.78, 5) is 0. The van der Waals surface area contributed by atoms with Crippen LogP contribution in [0.3, 0.4) is 0 Å². The Labute approximate surface area is 344 Å². The van der Waals surface area contributed by atoms with Crippen molar-refractivity contribution in [2.45, 2.75) is 11.8 Å². The third-order valence-electron chi connectivity index (χ3n) is 13.0. The second kappa shape index (κ2) is 13.2. The molecular weight excluding hydrogens is 733 g/mol. The largest absolute Gasteiger partial charge is 0.179 e. The lowest BCUT2D eigenvalue weighted by molar-refractivity contribution is 0.760. The number of hydrogen-bond acceptors (Lipinski definition) is 1. The third kappa shape index (κ3) is 4.80. The molecule has 1 heterocycles. The summed E-state index contributed by atoms with van der Waals surface area (Å²) in [6.07, 6.45) is 0. The molecule has 0 aliphatic heterocycles. The molecule has 0 saturated carbocycles. The fourth-order valence-corrected chi connectivity index (χ4v) is 17.0. The topological polar surface area (TPSA) is 0 Å². The predicted molar refractivity (Wildman–Crippen MR) is 249 cm³/mol. The minimum atomic E-state index is -2.99. The molecule has 0 amide bonds. The van der Waals surface area contributed by atoms with Gasteiger partial charge in [0.05, 0.1) is 0 Å². The first-order valence-electron chi connectivity index (χ1n) is 20.3. The van der Waals surface area contributed by atoms with E-state index < -0.39 is 8.07 Å². The van der Waals surface area contributed by atoms with E-state index in [9.17, 15) is 0 Å². The van der Waals surface area contributed by atoms with Crippen molar-refractivity contribution in [3.8, 4) is 22.3 Å². The Balaban J connectivity index is 1.20. The summed E-state index contributed by atoms with van der Waals surface area (Å²) in [6, 6.07) is 83.1. The van der Waals surface area contributed by atoms with Gasteiger partial charge in [-0.2, -0.15) is 0 Å². The van der Waals surface area contributed by atoms with Crippen LogP contribution in [0, 0.1) is 0 Å². The van der Waals surface area contributed by atoms with Gasteiger partial charge in [-0.15, -0.1) is 11.3 Å². The first-order valence-corrected chi connectivity index (χ1v) is 23.1. The normalized spacial score (nSPS) is 15.2. The molecule has 2 unspecified atom stereocenters. The minimum Gasteiger partial charge on any atom is -0.135 e. The van der Waals surface area contributed by atoms with Crippen molar-refractivity contribution in [1.82, 2.24) is 0 Å². The van der Waals surface area contributed by atoms with E-state index in [1.807, 2.05) is 11.3 Å². The van der Waals surface area contributed by atoms with Gasteiger partial charge in [-0.1, -0.05) is 206 Å².